The summed E-state index contributed by atoms with van der Waals surface area (Å²) in [6, 6.07) is 11.9. The maximum atomic E-state index is 12.5. The Morgan fingerprint density at radius 3 is 2.58 bits per heavy atom. The summed E-state index contributed by atoms with van der Waals surface area (Å²) in [6.45, 7) is 5.61. The maximum absolute atomic E-state index is 12.5. The molecule has 136 valence electrons. The topological polar surface area (TPSA) is 43.4 Å². The number of thioether (sulfide) groups is 1. The van der Waals surface area contributed by atoms with Gasteiger partial charge in [-0.3, -0.25) is 9.59 Å². The van der Waals surface area contributed by atoms with E-state index in [1.807, 2.05) is 26.0 Å². The summed E-state index contributed by atoms with van der Waals surface area (Å²) < 4.78 is 5.34. The standard InChI is InChI=1S/C22H24O3S/c1-14-7-8-19(11-15(14)2)22(24)16(3)25-21(23)13-26-20-10-9-17-5-4-6-18(17)12-20/h7-12,16H,4-6,13H2,1-3H3/t16-/m1/s1. The van der Waals surface area contributed by atoms with Crippen LogP contribution in [0.2, 0.25) is 0 Å². The number of carbonyl (C=O) groups is 2. The molecule has 1 aliphatic rings. The van der Waals surface area contributed by atoms with Crippen LogP contribution < -0.4 is 0 Å². The first-order valence-corrected chi connectivity index (χ1v) is 9.98. The number of benzene rings is 2. The number of hydrogen-bond donors (Lipinski definition) is 0. The third-order valence-electron chi connectivity index (χ3n) is 4.90. The van der Waals surface area contributed by atoms with Crippen LogP contribution in [0.15, 0.2) is 41.3 Å². The average Bonchev–Trinajstić information content (AvgIpc) is 3.09. The van der Waals surface area contributed by atoms with E-state index in [4.69, 9.17) is 4.74 Å². The van der Waals surface area contributed by atoms with Crippen LogP contribution in [-0.4, -0.2) is 23.6 Å². The lowest BCUT2D eigenvalue weighted by Crippen LogP contribution is -2.25. The normalized spacial score (nSPS) is 14.0. The molecule has 26 heavy (non-hydrogen) atoms. The van der Waals surface area contributed by atoms with Crippen molar-refractivity contribution in [3.8, 4) is 0 Å². The Hall–Kier alpha value is -2.07. The molecule has 0 aliphatic heterocycles. The molecule has 0 bridgehead atoms. The Labute approximate surface area is 159 Å². The smallest absolute Gasteiger partial charge is 0.316 e. The summed E-state index contributed by atoms with van der Waals surface area (Å²) in [5.74, 6) is -0.312. The van der Waals surface area contributed by atoms with Crippen LogP contribution in [0.5, 0.6) is 0 Å². The van der Waals surface area contributed by atoms with E-state index < -0.39 is 6.10 Å². The third kappa shape index (κ3) is 4.36. The van der Waals surface area contributed by atoms with Gasteiger partial charge >= 0.3 is 5.97 Å². The number of hydrogen-bond acceptors (Lipinski definition) is 4. The number of fused-ring (bicyclic) bond motifs is 1. The molecule has 1 atom stereocenters. The fraction of sp³-hybridized carbons (Fsp3) is 0.364. The molecule has 2 aromatic carbocycles. The Kier molecular flexibility index (Phi) is 5.82. The van der Waals surface area contributed by atoms with Crippen LogP contribution in [0.4, 0.5) is 0 Å². The largest absolute Gasteiger partial charge is 0.454 e. The molecule has 0 unspecified atom stereocenters. The molecule has 0 aromatic heterocycles. The van der Waals surface area contributed by atoms with Crippen molar-refractivity contribution in [3.63, 3.8) is 0 Å². The minimum absolute atomic E-state index is 0.163. The van der Waals surface area contributed by atoms with Gasteiger partial charge in [-0.1, -0.05) is 18.2 Å². The van der Waals surface area contributed by atoms with Crippen LogP contribution in [0.1, 0.15) is 46.0 Å². The highest BCUT2D eigenvalue weighted by atomic mass is 32.2. The molecule has 0 N–H and O–H groups in total. The Morgan fingerprint density at radius 1 is 1.04 bits per heavy atom. The summed E-state index contributed by atoms with van der Waals surface area (Å²) >= 11 is 1.46. The predicted octanol–water partition coefficient (Wildman–Crippen LogP) is 4.70. The lowest BCUT2D eigenvalue weighted by Gasteiger charge is -2.13. The molecule has 3 nitrogen and oxygen atoms in total. The second-order valence-electron chi connectivity index (χ2n) is 6.87. The molecule has 0 fully saturated rings. The summed E-state index contributed by atoms with van der Waals surface area (Å²) in [5.41, 5.74) is 5.59. The molecular formula is C22H24O3S. The van der Waals surface area contributed by atoms with Gasteiger partial charge in [0.25, 0.3) is 0 Å². The van der Waals surface area contributed by atoms with Crippen LogP contribution in [0, 0.1) is 13.8 Å². The highest BCUT2D eigenvalue weighted by molar-refractivity contribution is 8.00. The number of aryl methyl sites for hydroxylation is 4. The molecule has 0 spiro atoms. The molecule has 0 heterocycles. The van der Waals surface area contributed by atoms with Crippen molar-refractivity contribution < 1.29 is 14.3 Å². The molecule has 3 rings (SSSR count). The van der Waals surface area contributed by atoms with E-state index in [9.17, 15) is 9.59 Å². The average molecular weight is 368 g/mol. The number of esters is 1. The zero-order chi connectivity index (χ0) is 18.7. The van der Waals surface area contributed by atoms with Gasteiger partial charge in [-0.15, -0.1) is 11.8 Å². The van der Waals surface area contributed by atoms with Gasteiger partial charge in [0.15, 0.2) is 6.10 Å². The van der Waals surface area contributed by atoms with Gasteiger partial charge in [0.2, 0.25) is 5.78 Å². The van der Waals surface area contributed by atoms with Crippen molar-refractivity contribution in [2.45, 2.75) is 51.0 Å². The third-order valence-corrected chi connectivity index (χ3v) is 5.86. The van der Waals surface area contributed by atoms with Crippen molar-refractivity contribution in [3.05, 3.63) is 64.2 Å². The molecule has 0 radical (unpaired) electrons. The van der Waals surface area contributed by atoms with Gasteiger partial charge in [-0.25, -0.2) is 0 Å². The first-order valence-electron chi connectivity index (χ1n) is 8.99. The number of ether oxygens (including phenoxy) is 1. The van der Waals surface area contributed by atoms with Crippen LogP contribution >= 0.6 is 11.8 Å². The van der Waals surface area contributed by atoms with Gasteiger partial charge < -0.3 is 4.74 Å². The minimum Gasteiger partial charge on any atom is -0.454 e. The summed E-state index contributed by atoms with van der Waals surface area (Å²) in [5, 5.41) is 0. The van der Waals surface area contributed by atoms with Gasteiger partial charge in [0.1, 0.15) is 0 Å². The zero-order valence-electron chi connectivity index (χ0n) is 15.5. The number of carbonyl (C=O) groups excluding carboxylic acids is 2. The van der Waals surface area contributed by atoms with E-state index in [1.165, 1.54) is 29.3 Å². The predicted molar refractivity (Wildman–Crippen MR) is 105 cm³/mol. The lowest BCUT2D eigenvalue weighted by molar-refractivity contribution is -0.143. The second kappa shape index (κ2) is 8.09. The molecule has 0 saturated carbocycles. The maximum Gasteiger partial charge on any atom is 0.316 e. The number of rotatable bonds is 6. The zero-order valence-corrected chi connectivity index (χ0v) is 16.3. The SMILES string of the molecule is Cc1ccc(C(=O)[C@@H](C)OC(=O)CSc2ccc3c(c2)CCC3)cc1C. The molecule has 0 saturated heterocycles. The van der Waals surface area contributed by atoms with E-state index in [2.05, 4.69) is 18.2 Å². The fourth-order valence-electron chi connectivity index (χ4n) is 3.19. The highest BCUT2D eigenvalue weighted by Gasteiger charge is 2.20. The van der Waals surface area contributed by atoms with E-state index in [1.54, 1.807) is 13.0 Å². The van der Waals surface area contributed by atoms with Gasteiger partial charge in [0.05, 0.1) is 5.75 Å². The first kappa shape index (κ1) is 18.7. The van der Waals surface area contributed by atoms with Gasteiger partial charge in [-0.05, 0) is 80.5 Å². The molecule has 4 heteroatoms. The van der Waals surface area contributed by atoms with E-state index >= 15 is 0 Å². The van der Waals surface area contributed by atoms with Crippen molar-refractivity contribution in [2.75, 3.05) is 5.75 Å². The van der Waals surface area contributed by atoms with E-state index in [0.29, 0.717) is 5.56 Å². The summed E-state index contributed by atoms with van der Waals surface area (Å²) in [6.07, 6.45) is 2.71. The Balaban J connectivity index is 1.53. The monoisotopic (exact) mass is 368 g/mol. The number of Topliss-reactive ketones (excluding diaryl/α,β-unsaturated/α-hetero) is 1. The summed E-state index contributed by atoms with van der Waals surface area (Å²) in [4.78, 5) is 25.7. The van der Waals surface area contributed by atoms with Crippen molar-refractivity contribution >= 4 is 23.5 Å². The fourth-order valence-corrected chi connectivity index (χ4v) is 3.94. The molecule has 0 amide bonds. The van der Waals surface area contributed by atoms with Crippen molar-refractivity contribution in [1.29, 1.82) is 0 Å². The Morgan fingerprint density at radius 2 is 1.81 bits per heavy atom. The van der Waals surface area contributed by atoms with Gasteiger partial charge in [-0.2, -0.15) is 0 Å². The van der Waals surface area contributed by atoms with Crippen LogP contribution in [-0.2, 0) is 22.4 Å². The lowest BCUT2D eigenvalue weighted by atomic mass is 10.0. The first-order chi connectivity index (χ1) is 12.4. The van der Waals surface area contributed by atoms with Crippen LogP contribution in [0.25, 0.3) is 0 Å². The second-order valence-corrected chi connectivity index (χ2v) is 7.92. The van der Waals surface area contributed by atoms with Crippen molar-refractivity contribution in [2.24, 2.45) is 0 Å². The molecular weight excluding hydrogens is 344 g/mol. The van der Waals surface area contributed by atoms with Crippen LogP contribution in [0.3, 0.4) is 0 Å². The van der Waals surface area contributed by atoms with Crippen molar-refractivity contribution in [1.82, 2.24) is 0 Å². The molecule has 1 aliphatic carbocycles. The quantitative estimate of drug-likeness (QED) is 0.421. The minimum atomic E-state index is -0.773. The van der Waals surface area contributed by atoms with Gasteiger partial charge in [0, 0.05) is 10.5 Å². The van der Waals surface area contributed by atoms with E-state index in [0.717, 1.165) is 28.9 Å². The highest BCUT2D eigenvalue weighted by Crippen LogP contribution is 2.27. The number of ketones is 1. The van der Waals surface area contributed by atoms with E-state index in [-0.39, 0.29) is 17.5 Å². The molecule has 2 aromatic rings. The Bertz CT molecular complexity index is 841. The summed E-state index contributed by atoms with van der Waals surface area (Å²) in [7, 11) is 0.